The van der Waals surface area contributed by atoms with Crippen molar-refractivity contribution in [2.24, 2.45) is 4.99 Å². The number of halogens is 1. The minimum atomic E-state index is 0. The molecule has 2 heterocycles. The number of methoxy groups -OCH3 is 1. The third-order valence-corrected chi connectivity index (χ3v) is 6.00. The van der Waals surface area contributed by atoms with E-state index in [1.54, 1.807) is 7.11 Å². The average molecular weight is 551 g/mol. The second kappa shape index (κ2) is 12.2. The van der Waals surface area contributed by atoms with Gasteiger partial charge in [0.05, 0.1) is 26.0 Å². The van der Waals surface area contributed by atoms with Crippen molar-refractivity contribution in [3.05, 3.63) is 54.1 Å². The molecule has 0 saturated carbocycles. The smallest absolute Gasteiger partial charge is 0.194 e. The highest BCUT2D eigenvalue weighted by molar-refractivity contribution is 14.0. The van der Waals surface area contributed by atoms with E-state index < -0.39 is 0 Å². The number of piperazine rings is 1. The van der Waals surface area contributed by atoms with Crippen LogP contribution in [0.5, 0.6) is 5.75 Å². The number of nitrogens with one attached hydrogen (secondary N) is 1. The Bertz CT molecular complexity index is 880. The predicted octanol–water partition coefficient (Wildman–Crippen LogP) is 3.05. The van der Waals surface area contributed by atoms with Gasteiger partial charge in [-0.25, -0.2) is 0 Å². The van der Waals surface area contributed by atoms with Crippen molar-refractivity contribution in [3.63, 3.8) is 0 Å². The number of anilines is 2. The minimum Gasteiger partial charge on any atom is -0.495 e. The number of aliphatic imine (C=N–C) groups is 1. The van der Waals surface area contributed by atoms with E-state index in [-0.39, 0.29) is 24.0 Å². The summed E-state index contributed by atoms with van der Waals surface area (Å²) in [7, 11) is 3.60. The fourth-order valence-corrected chi connectivity index (χ4v) is 4.33. The summed E-state index contributed by atoms with van der Waals surface area (Å²) < 4.78 is 11.1. The first-order valence-corrected chi connectivity index (χ1v) is 11.0. The molecule has 0 aromatic heterocycles. The summed E-state index contributed by atoms with van der Waals surface area (Å²) in [5.41, 5.74) is 3.74. The number of rotatable bonds is 5. The zero-order valence-electron chi connectivity index (χ0n) is 19.0. The van der Waals surface area contributed by atoms with Crippen molar-refractivity contribution in [1.29, 1.82) is 0 Å². The molecule has 32 heavy (non-hydrogen) atoms. The van der Waals surface area contributed by atoms with Gasteiger partial charge in [0.25, 0.3) is 0 Å². The van der Waals surface area contributed by atoms with Crippen LogP contribution >= 0.6 is 24.0 Å². The van der Waals surface area contributed by atoms with Crippen molar-refractivity contribution in [2.45, 2.75) is 6.54 Å². The van der Waals surface area contributed by atoms with Gasteiger partial charge >= 0.3 is 0 Å². The SMILES string of the molecule is CN=C(NCc1ccccc1N1CCOCC1)N1CCN(c2ccccc2OC)CC1.I. The molecule has 1 N–H and O–H groups in total. The van der Waals surface area contributed by atoms with Gasteiger partial charge in [-0.3, -0.25) is 4.99 Å². The molecule has 0 bridgehead atoms. The molecule has 8 heteroatoms. The van der Waals surface area contributed by atoms with Crippen LogP contribution in [0.3, 0.4) is 0 Å². The molecule has 174 valence electrons. The number of benzene rings is 2. The summed E-state index contributed by atoms with van der Waals surface area (Å²) >= 11 is 0. The third kappa shape index (κ3) is 5.78. The van der Waals surface area contributed by atoms with E-state index in [4.69, 9.17) is 9.47 Å². The fourth-order valence-electron chi connectivity index (χ4n) is 4.33. The Kier molecular flexibility index (Phi) is 9.28. The van der Waals surface area contributed by atoms with Crippen molar-refractivity contribution in [2.75, 3.05) is 76.4 Å². The Hall–Kier alpha value is -2.20. The van der Waals surface area contributed by atoms with Gasteiger partial charge in [-0.2, -0.15) is 0 Å². The first-order valence-electron chi connectivity index (χ1n) is 11.0. The lowest BCUT2D eigenvalue weighted by molar-refractivity contribution is 0.122. The van der Waals surface area contributed by atoms with Gasteiger partial charge in [0.1, 0.15) is 5.75 Å². The number of hydrogen-bond donors (Lipinski definition) is 1. The van der Waals surface area contributed by atoms with Crippen molar-refractivity contribution in [1.82, 2.24) is 10.2 Å². The van der Waals surface area contributed by atoms with Crippen molar-refractivity contribution >= 4 is 41.3 Å². The topological polar surface area (TPSA) is 52.6 Å². The van der Waals surface area contributed by atoms with Crippen molar-refractivity contribution in [3.8, 4) is 5.75 Å². The molecule has 0 radical (unpaired) electrons. The van der Waals surface area contributed by atoms with Crippen molar-refractivity contribution < 1.29 is 9.47 Å². The molecule has 0 unspecified atom stereocenters. The highest BCUT2D eigenvalue weighted by Gasteiger charge is 2.22. The van der Waals surface area contributed by atoms with Gasteiger partial charge in [0.15, 0.2) is 5.96 Å². The summed E-state index contributed by atoms with van der Waals surface area (Å²) in [6.07, 6.45) is 0. The molecule has 2 aromatic rings. The van der Waals surface area contributed by atoms with Crippen LogP contribution in [0.4, 0.5) is 11.4 Å². The van der Waals surface area contributed by atoms with E-state index in [9.17, 15) is 0 Å². The maximum Gasteiger partial charge on any atom is 0.194 e. The highest BCUT2D eigenvalue weighted by atomic mass is 127. The van der Waals surface area contributed by atoms with Gasteiger partial charge in [0.2, 0.25) is 0 Å². The molecule has 2 aliphatic heterocycles. The fraction of sp³-hybridized carbons (Fsp3) is 0.458. The summed E-state index contributed by atoms with van der Waals surface area (Å²) in [6.45, 7) is 7.93. The molecular formula is C24H34IN5O2. The van der Waals surface area contributed by atoms with Crippen LogP contribution in [-0.2, 0) is 11.3 Å². The van der Waals surface area contributed by atoms with Gasteiger partial charge in [0, 0.05) is 58.5 Å². The number of ether oxygens (including phenoxy) is 2. The number of morpholine rings is 1. The lowest BCUT2D eigenvalue weighted by Gasteiger charge is -2.38. The molecule has 7 nitrogen and oxygen atoms in total. The van der Waals surface area contributed by atoms with E-state index in [2.05, 4.69) is 61.4 Å². The Labute approximate surface area is 208 Å². The molecule has 0 amide bonds. The van der Waals surface area contributed by atoms with Crippen LogP contribution in [0.15, 0.2) is 53.5 Å². The van der Waals surface area contributed by atoms with Crippen LogP contribution in [0.2, 0.25) is 0 Å². The molecule has 4 rings (SSSR count). The van der Waals surface area contributed by atoms with E-state index >= 15 is 0 Å². The third-order valence-electron chi connectivity index (χ3n) is 6.00. The maximum absolute atomic E-state index is 5.54. The van der Waals surface area contributed by atoms with E-state index in [0.717, 1.165) is 76.4 Å². The van der Waals surface area contributed by atoms with Crippen LogP contribution in [0, 0.1) is 0 Å². The molecule has 2 aliphatic rings. The first-order chi connectivity index (χ1) is 15.3. The number of para-hydroxylation sites is 3. The predicted molar refractivity (Wildman–Crippen MR) is 142 cm³/mol. The molecular weight excluding hydrogens is 517 g/mol. The Morgan fingerprint density at radius 2 is 1.53 bits per heavy atom. The van der Waals surface area contributed by atoms with Crippen LogP contribution in [-0.4, -0.2) is 77.5 Å². The molecule has 2 saturated heterocycles. The molecule has 2 aromatic carbocycles. The largest absolute Gasteiger partial charge is 0.495 e. The minimum absolute atomic E-state index is 0. The summed E-state index contributed by atoms with van der Waals surface area (Å²) in [4.78, 5) is 11.7. The summed E-state index contributed by atoms with van der Waals surface area (Å²) in [5.74, 6) is 1.88. The number of hydrogen-bond acceptors (Lipinski definition) is 5. The zero-order chi connectivity index (χ0) is 21.5. The lowest BCUT2D eigenvalue weighted by Crippen LogP contribution is -2.52. The van der Waals surface area contributed by atoms with Gasteiger partial charge < -0.3 is 29.5 Å². The molecule has 0 spiro atoms. The van der Waals surface area contributed by atoms with Gasteiger partial charge in [-0.15, -0.1) is 24.0 Å². The molecule has 0 atom stereocenters. The average Bonchev–Trinajstić information content (AvgIpc) is 2.85. The summed E-state index contributed by atoms with van der Waals surface area (Å²) in [6, 6.07) is 16.9. The van der Waals surface area contributed by atoms with Crippen LogP contribution < -0.4 is 19.9 Å². The van der Waals surface area contributed by atoms with E-state index in [1.807, 2.05) is 19.2 Å². The second-order valence-electron chi connectivity index (χ2n) is 7.77. The van der Waals surface area contributed by atoms with Gasteiger partial charge in [-0.05, 0) is 23.8 Å². The number of guanidine groups is 1. The maximum atomic E-state index is 5.54. The summed E-state index contributed by atoms with van der Waals surface area (Å²) in [5, 5.41) is 3.59. The Morgan fingerprint density at radius 3 is 2.22 bits per heavy atom. The van der Waals surface area contributed by atoms with Crippen LogP contribution in [0.1, 0.15) is 5.56 Å². The first kappa shape index (κ1) is 24.4. The Balaban J connectivity index is 0.00000289. The van der Waals surface area contributed by atoms with Crippen LogP contribution in [0.25, 0.3) is 0 Å². The van der Waals surface area contributed by atoms with Gasteiger partial charge in [-0.1, -0.05) is 30.3 Å². The standard InChI is InChI=1S/C24H33N5O2.HI/c1-25-24(26-19-20-7-3-4-8-21(20)28-15-17-31-18-16-28)29-13-11-27(12-14-29)22-9-5-6-10-23(22)30-2;/h3-10H,11-19H2,1-2H3,(H,25,26);1H. The second-order valence-corrected chi connectivity index (χ2v) is 7.77. The monoisotopic (exact) mass is 551 g/mol. The molecule has 0 aliphatic carbocycles. The van der Waals surface area contributed by atoms with E-state index in [1.165, 1.54) is 11.3 Å². The zero-order valence-corrected chi connectivity index (χ0v) is 21.3. The van der Waals surface area contributed by atoms with E-state index in [0.29, 0.717) is 0 Å². The lowest BCUT2D eigenvalue weighted by atomic mass is 10.1. The molecule has 2 fully saturated rings. The quantitative estimate of drug-likeness (QED) is 0.351. The number of nitrogens with zero attached hydrogens (tertiary/aromatic N) is 4. The Morgan fingerprint density at radius 1 is 0.906 bits per heavy atom. The normalized spacial score (nSPS) is 17.1. The highest BCUT2D eigenvalue weighted by Crippen LogP contribution is 2.28.